The maximum Gasteiger partial charge on any atom is 0.330 e. The molecule has 0 saturated carbocycles. The number of ether oxygens (including phenoxy) is 2. The number of hydrogen-bond acceptors (Lipinski definition) is 7. The summed E-state index contributed by atoms with van der Waals surface area (Å²) in [7, 11) is 1.69. The zero-order valence-electron chi connectivity index (χ0n) is 11.7. The van der Waals surface area contributed by atoms with Gasteiger partial charge in [0.25, 0.3) is 0 Å². The Hall–Kier alpha value is 0.280. The molecule has 0 amide bonds. The van der Waals surface area contributed by atoms with Crippen LogP contribution in [0.15, 0.2) is 0 Å². The predicted molar refractivity (Wildman–Crippen MR) is 76.7 cm³/mol. The maximum atomic E-state index is 9.77. The fourth-order valence-electron chi connectivity index (χ4n) is 2.56. The van der Waals surface area contributed by atoms with Gasteiger partial charge in [0.1, 0.15) is 27.9 Å². The highest BCUT2D eigenvalue weighted by Crippen LogP contribution is 2.39. The Morgan fingerprint density at radius 1 is 1.15 bits per heavy atom. The van der Waals surface area contributed by atoms with Crippen molar-refractivity contribution in [3.05, 3.63) is 0 Å². The molecule has 2 unspecified atom stereocenters. The second-order valence-electron chi connectivity index (χ2n) is 5.37. The minimum atomic E-state index is -2.07. The minimum absolute atomic E-state index is 0.00714. The van der Waals surface area contributed by atoms with Crippen LogP contribution < -0.4 is 0 Å². The van der Waals surface area contributed by atoms with Crippen molar-refractivity contribution in [1.29, 1.82) is 0 Å². The van der Waals surface area contributed by atoms with E-state index in [4.69, 9.17) is 23.6 Å². The van der Waals surface area contributed by atoms with E-state index >= 15 is 0 Å². The van der Waals surface area contributed by atoms with Crippen LogP contribution in [-0.4, -0.2) is 80.4 Å². The molecule has 0 aliphatic carbocycles. The van der Waals surface area contributed by atoms with Crippen molar-refractivity contribution < 1.29 is 33.6 Å². The summed E-state index contributed by atoms with van der Waals surface area (Å²) in [5.74, 6) is 0. The largest absolute Gasteiger partial charge is 0.394 e. The van der Waals surface area contributed by atoms with E-state index in [0.717, 1.165) is 0 Å². The summed E-state index contributed by atoms with van der Waals surface area (Å²) in [6.07, 6.45) is -0.642. The van der Waals surface area contributed by atoms with Crippen molar-refractivity contribution in [3.63, 3.8) is 0 Å². The van der Waals surface area contributed by atoms with E-state index in [1.807, 2.05) is 15.7 Å². The van der Waals surface area contributed by atoms with E-state index in [-0.39, 0.29) is 31.3 Å². The molecule has 0 bridgehead atoms. The zero-order valence-corrected chi connectivity index (χ0v) is 12.6. The van der Waals surface area contributed by atoms with Crippen molar-refractivity contribution in [2.24, 2.45) is 0 Å². The molecule has 7 nitrogen and oxygen atoms in total. The van der Waals surface area contributed by atoms with Gasteiger partial charge in [-0.1, -0.05) is 0 Å². The third kappa shape index (κ3) is 4.39. The topological polar surface area (TPSA) is 97.6 Å². The standard InChI is InChI=1S/C10H21B2O7P/c11-9-1-5(14)8(18-9)4-16-20(15)19-6-2-10(12)17-7(6)3-13/h5-10,13-15H,1-4,11-12H2/t5-,6?,7-,8-,9-,10-,20?/m1/s1. The van der Waals surface area contributed by atoms with Gasteiger partial charge in [0.15, 0.2) is 0 Å². The smallest absolute Gasteiger partial charge is 0.330 e. The fraction of sp³-hybridized carbons (Fsp3) is 1.00. The van der Waals surface area contributed by atoms with E-state index < -0.39 is 26.9 Å². The first-order valence-electron chi connectivity index (χ1n) is 6.88. The molecule has 7 atom stereocenters. The van der Waals surface area contributed by atoms with E-state index in [2.05, 4.69) is 0 Å². The van der Waals surface area contributed by atoms with Gasteiger partial charge in [-0.15, -0.1) is 0 Å². The van der Waals surface area contributed by atoms with Gasteiger partial charge in [-0.25, -0.2) is 0 Å². The van der Waals surface area contributed by atoms with Gasteiger partial charge in [-0.3, -0.25) is 0 Å². The van der Waals surface area contributed by atoms with Crippen LogP contribution in [-0.2, 0) is 18.5 Å². The molecule has 3 N–H and O–H groups in total. The Morgan fingerprint density at radius 3 is 2.40 bits per heavy atom. The van der Waals surface area contributed by atoms with Crippen molar-refractivity contribution in [3.8, 4) is 0 Å². The molecular weight excluding hydrogens is 285 g/mol. The molecule has 2 heterocycles. The van der Waals surface area contributed by atoms with Crippen LogP contribution in [0.3, 0.4) is 0 Å². The second-order valence-corrected chi connectivity index (χ2v) is 6.31. The van der Waals surface area contributed by atoms with Gasteiger partial charge in [0, 0.05) is 12.0 Å². The van der Waals surface area contributed by atoms with E-state index in [9.17, 15) is 10.00 Å². The Balaban J connectivity index is 1.71. The van der Waals surface area contributed by atoms with Gasteiger partial charge < -0.3 is 33.6 Å². The van der Waals surface area contributed by atoms with Crippen molar-refractivity contribution in [2.75, 3.05) is 13.2 Å². The van der Waals surface area contributed by atoms with Gasteiger partial charge >= 0.3 is 8.60 Å². The SMILES string of the molecule is B[C@H]1CC(OP(O)OC[C@H]2O[C@@H](B)C[C@H]2O)[C@@H](CO)O1. The number of aliphatic hydroxyl groups excluding tert-OH is 2. The highest BCUT2D eigenvalue weighted by atomic mass is 31.2. The lowest BCUT2D eigenvalue weighted by molar-refractivity contribution is -0.0164. The summed E-state index contributed by atoms with van der Waals surface area (Å²) < 4.78 is 21.5. The fourth-order valence-corrected chi connectivity index (χ4v) is 3.35. The molecule has 0 aromatic rings. The van der Waals surface area contributed by atoms with Crippen molar-refractivity contribution in [1.82, 2.24) is 0 Å². The first kappa shape index (κ1) is 16.6. The zero-order chi connectivity index (χ0) is 14.7. The van der Waals surface area contributed by atoms with Crippen LogP contribution in [0.25, 0.3) is 0 Å². The molecule has 2 fully saturated rings. The number of rotatable bonds is 6. The third-order valence-corrected chi connectivity index (χ3v) is 4.37. The molecule has 20 heavy (non-hydrogen) atoms. The van der Waals surface area contributed by atoms with Gasteiger partial charge in [-0.05, 0) is 12.8 Å². The average molecular weight is 306 g/mol. The van der Waals surface area contributed by atoms with Crippen LogP contribution >= 0.6 is 8.60 Å². The lowest BCUT2D eigenvalue weighted by Gasteiger charge is -2.21. The maximum absolute atomic E-state index is 9.77. The second kappa shape index (κ2) is 7.51. The molecule has 0 aromatic heterocycles. The molecule has 0 radical (unpaired) electrons. The summed E-state index contributed by atoms with van der Waals surface area (Å²) in [6.45, 7) is -0.0687. The van der Waals surface area contributed by atoms with E-state index in [1.165, 1.54) is 0 Å². The molecule has 2 aliphatic rings. The van der Waals surface area contributed by atoms with Crippen molar-refractivity contribution in [2.45, 2.75) is 49.3 Å². The summed E-state index contributed by atoms with van der Waals surface area (Å²) in [5.41, 5.74) is 0. The van der Waals surface area contributed by atoms with Crippen molar-refractivity contribution >= 4 is 24.3 Å². The first-order valence-corrected chi connectivity index (χ1v) is 8.01. The molecular formula is C10H21B2O7P. The molecule has 0 spiro atoms. The lowest BCUT2D eigenvalue weighted by Crippen LogP contribution is -2.28. The van der Waals surface area contributed by atoms with Crippen LogP contribution in [0.4, 0.5) is 0 Å². The molecule has 0 aromatic carbocycles. The molecule has 2 saturated heterocycles. The average Bonchev–Trinajstić information content (AvgIpc) is 2.89. The number of aliphatic hydroxyl groups is 2. The summed E-state index contributed by atoms with van der Waals surface area (Å²) in [6, 6.07) is -0.0197. The Morgan fingerprint density at radius 2 is 1.80 bits per heavy atom. The Bertz CT molecular complexity index is 313. The van der Waals surface area contributed by atoms with Crippen LogP contribution in [0, 0.1) is 0 Å². The lowest BCUT2D eigenvalue weighted by atomic mass is 9.96. The Labute approximate surface area is 121 Å². The Kier molecular flexibility index (Phi) is 6.25. The summed E-state index contributed by atoms with van der Waals surface area (Å²) in [5, 5.41) is 18.9. The summed E-state index contributed by atoms with van der Waals surface area (Å²) >= 11 is 0. The molecule has 2 aliphatic heterocycles. The van der Waals surface area contributed by atoms with Crippen LogP contribution in [0.1, 0.15) is 12.8 Å². The predicted octanol–water partition coefficient (Wildman–Crippen LogP) is -2.54. The quantitative estimate of drug-likeness (QED) is 0.367. The van der Waals surface area contributed by atoms with Gasteiger partial charge in [-0.2, -0.15) is 0 Å². The monoisotopic (exact) mass is 306 g/mol. The van der Waals surface area contributed by atoms with Crippen LogP contribution in [0.2, 0.25) is 0 Å². The molecule has 114 valence electrons. The van der Waals surface area contributed by atoms with Gasteiger partial charge in [0.2, 0.25) is 0 Å². The summed E-state index contributed by atoms with van der Waals surface area (Å²) in [4.78, 5) is 9.77. The minimum Gasteiger partial charge on any atom is -0.394 e. The van der Waals surface area contributed by atoms with Gasteiger partial charge in [0.05, 0.1) is 25.4 Å². The van der Waals surface area contributed by atoms with E-state index in [0.29, 0.717) is 12.8 Å². The van der Waals surface area contributed by atoms with Crippen LogP contribution in [0.5, 0.6) is 0 Å². The highest BCUT2D eigenvalue weighted by molar-refractivity contribution is 7.40. The first-order chi connectivity index (χ1) is 9.49. The molecule has 2 rings (SSSR count). The third-order valence-electron chi connectivity index (χ3n) is 3.55. The molecule has 10 heteroatoms. The normalized spacial score (nSPS) is 43.0. The highest BCUT2D eigenvalue weighted by Gasteiger charge is 2.36. The van der Waals surface area contributed by atoms with E-state index in [1.54, 1.807) is 0 Å². The number of hydrogen-bond donors (Lipinski definition) is 3.